The van der Waals surface area contributed by atoms with E-state index in [9.17, 15) is 0 Å². The van der Waals surface area contributed by atoms with Gasteiger partial charge in [-0.05, 0) is 78.0 Å². The molecule has 1 aliphatic rings. The molecule has 12 rings (SSSR count). The Balaban J connectivity index is 0.00000352. The Labute approximate surface area is 327 Å². The largest absolute Gasteiger partial charge is 0.512 e. The van der Waals surface area contributed by atoms with Gasteiger partial charge in [0.2, 0.25) is 5.78 Å². The quantitative estimate of drug-likeness (QED) is 0.159. The molecule has 0 atom stereocenters. The summed E-state index contributed by atoms with van der Waals surface area (Å²) in [5.74, 6) is 2.39. The Morgan fingerprint density at radius 3 is 2.31 bits per heavy atom. The van der Waals surface area contributed by atoms with Crippen molar-refractivity contribution in [1.82, 2.24) is 18.9 Å². The molecule has 0 saturated carbocycles. The van der Waals surface area contributed by atoms with Crippen molar-refractivity contribution in [1.29, 1.82) is 0 Å². The maximum Gasteiger partial charge on any atom is 0.208 e. The van der Waals surface area contributed by atoms with E-state index in [2.05, 4.69) is 63.9 Å². The van der Waals surface area contributed by atoms with Gasteiger partial charge in [0.05, 0.1) is 22.4 Å². The molecule has 266 valence electrons. The van der Waals surface area contributed by atoms with Gasteiger partial charge in [0, 0.05) is 54.9 Å². The second-order valence-electron chi connectivity index (χ2n) is 13.3. The number of pyridine rings is 1. The molecule has 1 aliphatic heterocycles. The van der Waals surface area contributed by atoms with Crippen LogP contribution in [0.1, 0.15) is 0 Å². The Kier molecular flexibility index (Phi) is 6.97. The van der Waals surface area contributed by atoms with Gasteiger partial charge in [-0.15, -0.1) is 42.7 Å². The summed E-state index contributed by atoms with van der Waals surface area (Å²) in [4.78, 5) is 13.8. The number of hydrogen-bond acceptors (Lipinski definition) is 7. The maximum absolute atomic E-state index is 6.77. The van der Waals surface area contributed by atoms with Crippen molar-refractivity contribution >= 4 is 83.1 Å². The van der Waals surface area contributed by atoms with Crippen LogP contribution in [-0.2, 0) is 21.1 Å². The van der Waals surface area contributed by atoms with E-state index in [4.69, 9.17) is 23.5 Å². The molecule has 0 aliphatic carbocycles. The molecule has 55 heavy (non-hydrogen) atoms. The number of anilines is 2. The Morgan fingerprint density at radius 2 is 1.42 bits per heavy atom. The van der Waals surface area contributed by atoms with Crippen LogP contribution in [0.2, 0.25) is 0 Å². The molecule has 0 N–H and O–H groups in total. The molecule has 0 radical (unpaired) electrons. The molecule has 6 aromatic carbocycles. The minimum absolute atomic E-state index is 0. The van der Waals surface area contributed by atoms with Crippen LogP contribution in [0.4, 0.5) is 11.4 Å². The zero-order chi connectivity index (χ0) is 35.3. The Morgan fingerprint density at radius 1 is 0.636 bits per heavy atom. The second kappa shape index (κ2) is 12.1. The van der Waals surface area contributed by atoms with E-state index in [1.165, 1.54) is 0 Å². The summed E-state index contributed by atoms with van der Waals surface area (Å²) < 4.78 is 23.9. The van der Waals surface area contributed by atoms with Crippen LogP contribution in [0.25, 0.3) is 77.5 Å². The zero-order valence-corrected chi connectivity index (χ0v) is 30.9. The summed E-state index contributed by atoms with van der Waals surface area (Å²) in [5.41, 5.74) is 8.35. The number of furan rings is 2. The van der Waals surface area contributed by atoms with Gasteiger partial charge in [-0.1, -0.05) is 60.0 Å². The molecule has 0 saturated heterocycles. The van der Waals surface area contributed by atoms with Gasteiger partial charge in [0.1, 0.15) is 22.6 Å². The molecule has 9 nitrogen and oxygen atoms in total. The molecule has 0 unspecified atom stereocenters. The minimum Gasteiger partial charge on any atom is -0.512 e. The smallest absolute Gasteiger partial charge is 0.208 e. The predicted octanol–water partition coefficient (Wildman–Crippen LogP) is 10.9. The number of imidazole rings is 2. The molecule has 0 fully saturated rings. The van der Waals surface area contributed by atoms with Crippen LogP contribution in [0.15, 0.2) is 155 Å². The third kappa shape index (κ3) is 4.83. The van der Waals surface area contributed by atoms with Crippen LogP contribution in [0.3, 0.4) is 0 Å². The zero-order valence-electron chi connectivity index (χ0n) is 28.7. The third-order valence-corrected chi connectivity index (χ3v) is 10.1. The summed E-state index contributed by atoms with van der Waals surface area (Å²) in [7, 11) is 0. The topological polar surface area (TPSA) is 77.1 Å². The number of rotatable bonds is 5. The van der Waals surface area contributed by atoms with Crippen molar-refractivity contribution in [2.24, 2.45) is 0 Å². The first-order chi connectivity index (χ1) is 26.7. The average Bonchev–Trinajstić information content (AvgIpc) is 4.04. The molecular formula is C45H25N6O3Pt-3. The van der Waals surface area contributed by atoms with Crippen molar-refractivity contribution in [2.45, 2.75) is 0 Å². The van der Waals surface area contributed by atoms with E-state index in [1.54, 1.807) is 6.20 Å². The fraction of sp³-hybridized carbons (Fsp3) is 0. The van der Waals surface area contributed by atoms with Crippen LogP contribution in [0.5, 0.6) is 11.5 Å². The van der Waals surface area contributed by atoms with Gasteiger partial charge in [0.15, 0.2) is 0 Å². The van der Waals surface area contributed by atoms with E-state index in [0.29, 0.717) is 17.1 Å². The van der Waals surface area contributed by atoms with Crippen molar-refractivity contribution in [2.75, 3.05) is 9.80 Å². The first-order valence-electron chi connectivity index (χ1n) is 17.6. The Hall–Kier alpha value is -6.83. The van der Waals surface area contributed by atoms with Gasteiger partial charge in [-0.2, -0.15) is 0 Å². The number of ether oxygens (including phenoxy) is 1. The van der Waals surface area contributed by atoms with Crippen LogP contribution >= 0.6 is 0 Å². The molecule has 0 bridgehead atoms. The van der Waals surface area contributed by atoms with Crippen molar-refractivity contribution in [3.63, 3.8) is 0 Å². The van der Waals surface area contributed by atoms with Gasteiger partial charge in [-0.3, -0.25) is 4.57 Å². The van der Waals surface area contributed by atoms with Crippen molar-refractivity contribution < 1.29 is 34.6 Å². The predicted molar refractivity (Wildman–Crippen MR) is 211 cm³/mol. The van der Waals surface area contributed by atoms with Gasteiger partial charge >= 0.3 is 0 Å². The number of aromatic nitrogens is 4. The first kappa shape index (κ1) is 31.7. The summed E-state index contributed by atoms with van der Waals surface area (Å²) in [6, 6.07) is 49.5. The number of fused-ring (bicyclic) bond motifs is 11. The van der Waals surface area contributed by atoms with Crippen LogP contribution < -0.4 is 14.5 Å². The van der Waals surface area contributed by atoms with Crippen molar-refractivity contribution in [3.8, 4) is 17.3 Å². The molecular weight excluding hydrogens is 868 g/mol. The number of hydrogen-bond donors (Lipinski definition) is 0. The molecule has 11 aromatic rings. The number of nitrogens with zero attached hydrogens (tertiary/aromatic N) is 6. The summed E-state index contributed by atoms with van der Waals surface area (Å²) in [6.45, 7) is 2.02. The first-order valence-corrected chi connectivity index (χ1v) is 17.6. The van der Waals surface area contributed by atoms with E-state index in [1.807, 2.05) is 113 Å². The van der Waals surface area contributed by atoms with Gasteiger partial charge < -0.3 is 27.8 Å². The van der Waals surface area contributed by atoms with E-state index in [-0.39, 0.29) is 21.1 Å². The van der Waals surface area contributed by atoms with Crippen LogP contribution in [-0.4, -0.2) is 18.9 Å². The third-order valence-electron chi connectivity index (χ3n) is 10.1. The molecule has 5 aromatic heterocycles. The van der Waals surface area contributed by atoms with E-state index >= 15 is 0 Å². The van der Waals surface area contributed by atoms with Gasteiger partial charge in [0.25, 0.3) is 0 Å². The standard InChI is InChI=1S/C45H25N6O3.Pt/c1-2-10-28(11-3-1)48-20-21-49(27-48)29-22-34-33-26-40-32(31-12-4-7-15-39(31)53-40)25-41(33)54-44(34)42(23-29)52-30-17-18-37-38(24-30)51(43-16-8-9-19-46-43)45-47-35-13-5-6-14-36(35)50(37)45;/h1-22,25-27H;/q-3;. The Bertz CT molecular complexity index is 3310. The summed E-state index contributed by atoms with van der Waals surface area (Å²) in [5, 5.41) is 3.81. The van der Waals surface area contributed by atoms with E-state index in [0.717, 1.165) is 83.3 Å². The fourth-order valence-electron chi connectivity index (χ4n) is 7.63. The SMILES string of the molecule is [Pt].[c-]1c(N2C=CN(c3ccccc3)[CH-]2)cc2c(oc3cc4c(cc32)oc2ccccc24)c1Oc1[c-]c2c(cc1)n1c3ccccc3nc1n2-c1ccccn1. The maximum atomic E-state index is 6.77. The summed E-state index contributed by atoms with van der Waals surface area (Å²) in [6.07, 6.45) is 5.81. The monoisotopic (exact) mass is 892 g/mol. The number of benzene rings is 6. The molecule has 0 spiro atoms. The van der Waals surface area contributed by atoms with Crippen LogP contribution in [0, 0.1) is 18.8 Å². The fourth-order valence-corrected chi connectivity index (χ4v) is 7.63. The number of para-hydroxylation sites is 4. The molecule has 10 heteroatoms. The van der Waals surface area contributed by atoms with Gasteiger partial charge in [-0.25, -0.2) is 9.97 Å². The average molecular weight is 893 g/mol. The van der Waals surface area contributed by atoms with E-state index < -0.39 is 0 Å². The minimum atomic E-state index is 0. The molecule has 0 amide bonds. The molecule has 6 heterocycles. The summed E-state index contributed by atoms with van der Waals surface area (Å²) >= 11 is 0. The second-order valence-corrected chi connectivity index (χ2v) is 13.3. The normalized spacial score (nSPS) is 13.1. The van der Waals surface area contributed by atoms with Crippen molar-refractivity contribution in [3.05, 3.63) is 165 Å².